The van der Waals surface area contributed by atoms with E-state index in [0.717, 1.165) is 0 Å². The van der Waals surface area contributed by atoms with Gasteiger partial charge >= 0.3 is 0 Å². The minimum Gasteiger partial charge on any atom is -0.387 e. The predicted octanol–water partition coefficient (Wildman–Crippen LogP) is 0.379. The summed E-state index contributed by atoms with van der Waals surface area (Å²) >= 11 is 0. The molecule has 0 aliphatic rings. The predicted molar refractivity (Wildman–Crippen MR) is 31.2 cm³/mol. The summed E-state index contributed by atoms with van der Waals surface area (Å²) in [5.41, 5.74) is 5.04. The Labute approximate surface area is 49.0 Å². The van der Waals surface area contributed by atoms with E-state index < -0.39 is 0 Å². The van der Waals surface area contributed by atoms with Crippen LogP contribution >= 0.6 is 0 Å². The molecule has 1 radical (unpaired) electrons. The summed E-state index contributed by atoms with van der Waals surface area (Å²) in [7, 11) is 0. The van der Waals surface area contributed by atoms with E-state index in [4.69, 9.17) is 11.1 Å². The second-order valence-corrected chi connectivity index (χ2v) is 1.73. The van der Waals surface area contributed by atoms with Crippen molar-refractivity contribution in [2.45, 2.75) is 13.3 Å². The first-order valence-corrected chi connectivity index (χ1v) is 2.64. The zero-order chi connectivity index (χ0) is 6.57. The molecule has 3 heteroatoms. The molecule has 0 saturated carbocycles. The van der Waals surface area contributed by atoms with Crippen LogP contribution in [0.25, 0.3) is 0 Å². The molecule has 0 amide bonds. The molecule has 0 aliphatic carbocycles. The van der Waals surface area contributed by atoms with Crippen molar-refractivity contribution in [2.75, 3.05) is 6.61 Å². The molecule has 0 aromatic rings. The maximum Gasteiger partial charge on any atom is 0.0961 e. The van der Waals surface area contributed by atoms with Crippen molar-refractivity contribution in [1.29, 1.82) is 5.41 Å². The molecule has 47 valence electrons. The fourth-order valence-electron chi connectivity index (χ4n) is 0.428. The van der Waals surface area contributed by atoms with Gasteiger partial charge in [-0.25, -0.2) is 5.11 Å². The lowest BCUT2D eigenvalue weighted by atomic mass is 10.1. The molecule has 0 rings (SSSR count). The minimum atomic E-state index is -0.258. The largest absolute Gasteiger partial charge is 0.387 e. The van der Waals surface area contributed by atoms with E-state index in [1.165, 1.54) is 0 Å². The molecule has 0 aromatic carbocycles. The van der Waals surface area contributed by atoms with E-state index in [1.54, 1.807) is 0 Å². The normalized spacial score (nSPS) is 13.2. The Bertz CT molecular complexity index is 78.5. The molecule has 0 aromatic heterocycles. The summed E-state index contributed by atoms with van der Waals surface area (Å²) in [5, 5.41) is 16.9. The first kappa shape index (κ1) is 7.43. The fraction of sp³-hybridized carbons (Fsp3) is 0.800. The van der Waals surface area contributed by atoms with Gasteiger partial charge in [-0.3, -0.25) is 5.41 Å². The van der Waals surface area contributed by atoms with Gasteiger partial charge in [0.1, 0.15) is 0 Å². The van der Waals surface area contributed by atoms with Crippen LogP contribution in [0.1, 0.15) is 13.3 Å². The number of hydrogen-bond donors (Lipinski definition) is 2. The van der Waals surface area contributed by atoms with Crippen LogP contribution in [0.3, 0.4) is 0 Å². The second-order valence-electron chi connectivity index (χ2n) is 1.73. The number of rotatable bonds is 3. The van der Waals surface area contributed by atoms with Crippen LogP contribution in [0.4, 0.5) is 0 Å². The summed E-state index contributed by atoms with van der Waals surface area (Å²) in [6.45, 7) is 1.59. The molecule has 8 heavy (non-hydrogen) atoms. The highest BCUT2D eigenvalue weighted by Crippen LogP contribution is 1.98. The molecule has 0 saturated heterocycles. The topological polar surface area (TPSA) is 69.8 Å². The Morgan fingerprint density at radius 3 is 2.38 bits per heavy atom. The van der Waals surface area contributed by atoms with Crippen LogP contribution in [0.5, 0.6) is 0 Å². The average Bonchev–Trinajstić information content (AvgIpc) is 1.69. The van der Waals surface area contributed by atoms with Crippen molar-refractivity contribution in [3.05, 3.63) is 0 Å². The van der Waals surface area contributed by atoms with Crippen molar-refractivity contribution >= 4 is 5.84 Å². The maximum atomic E-state index is 10.1. The SMILES string of the molecule is CCC(C[O])C(=N)N. The van der Waals surface area contributed by atoms with E-state index in [9.17, 15) is 5.11 Å². The summed E-state index contributed by atoms with van der Waals surface area (Å²) in [5.74, 6) is -0.225. The summed E-state index contributed by atoms with van der Waals surface area (Å²) < 4.78 is 0. The first-order chi connectivity index (χ1) is 3.72. The van der Waals surface area contributed by atoms with Crippen molar-refractivity contribution < 1.29 is 5.11 Å². The number of amidine groups is 1. The van der Waals surface area contributed by atoms with Gasteiger partial charge in [0.05, 0.1) is 12.4 Å². The van der Waals surface area contributed by atoms with Crippen molar-refractivity contribution in [3.63, 3.8) is 0 Å². The van der Waals surface area contributed by atoms with Crippen molar-refractivity contribution in [1.82, 2.24) is 0 Å². The van der Waals surface area contributed by atoms with Crippen LogP contribution in [-0.2, 0) is 5.11 Å². The molecule has 3 N–H and O–H groups in total. The van der Waals surface area contributed by atoms with E-state index in [2.05, 4.69) is 0 Å². The van der Waals surface area contributed by atoms with E-state index >= 15 is 0 Å². The van der Waals surface area contributed by atoms with E-state index in [1.807, 2.05) is 6.92 Å². The van der Waals surface area contributed by atoms with Crippen LogP contribution in [-0.4, -0.2) is 12.4 Å². The Balaban J connectivity index is 3.52. The highest BCUT2D eigenvalue weighted by Gasteiger charge is 2.06. The highest BCUT2D eigenvalue weighted by atomic mass is 16.3. The molecule has 0 spiro atoms. The minimum absolute atomic E-state index is 0.0162. The van der Waals surface area contributed by atoms with Crippen LogP contribution in [0.2, 0.25) is 0 Å². The molecule has 0 fully saturated rings. The Morgan fingerprint density at radius 1 is 1.88 bits per heavy atom. The summed E-state index contributed by atoms with van der Waals surface area (Å²) in [6.07, 6.45) is 0.679. The van der Waals surface area contributed by atoms with Gasteiger partial charge in [-0.15, -0.1) is 0 Å². The van der Waals surface area contributed by atoms with Crippen molar-refractivity contribution in [3.8, 4) is 0 Å². The first-order valence-electron chi connectivity index (χ1n) is 2.64. The van der Waals surface area contributed by atoms with Crippen LogP contribution in [0.15, 0.2) is 0 Å². The Morgan fingerprint density at radius 2 is 2.38 bits per heavy atom. The third-order valence-electron chi connectivity index (χ3n) is 1.13. The second kappa shape index (κ2) is 3.43. The molecule has 1 atom stereocenters. The van der Waals surface area contributed by atoms with Crippen molar-refractivity contribution in [2.24, 2.45) is 11.7 Å². The highest BCUT2D eigenvalue weighted by molar-refractivity contribution is 5.79. The third-order valence-corrected chi connectivity index (χ3v) is 1.13. The van der Waals surface area contributed by atoms with Gasteiger partial charge in [-0.1, -0.05) is 6.92 Å². The molecule has 3 nitrogen and oxygen atoms in total. The maximum absolute atomic E-state index is 10.1. The van der Waals surface area contributed by atoms with Gasteiger partial charge in [0.15, 0.2) is 0 Å². The Hall–Kier alpha value is -0.570. The monoisotopic (exact) mass is 115 g/mol. The zero-order valence-electron chi connectivity index (χ0n) is 4.98. The lowest BCUT2D eigenvalue weighted by molar-refractivity contribution is 0.166. The lowest BCUT2D eigenvalue weighted by Gasteiger charge is -2.05. The summed E-state index contributed by atoms with van der Waals surface area (Å²) in [6, 6.07) is 0. The van der Waals surface area contributed by atoms with E-state index in [0.29, 0.717) is 6.42 Å². The van der Waals surface area contributed by atoms with Gasteiger partial charge in [0.2, 0.25) is 0 Å². The smallest absolute Gasteiger partial charge is 0.0961 e. The number of hydrogen-bond acceptors (Lipinski definition) is 1. The molecule has 1 unspecified atom stereocenters. The molecule has 0 heterocycles. The van der Waals surface area contributed by atoms with Crippen LogP contribution < -0.4 is 5.73 Å². The fourth-order valence-corrected chi connectivity index (χ4v) is 0.428. The third kappa shape index (κ3) is 1.93. The Kier molecular flexibility index (Phi) is 3.19. The molecule has 0 aliphatic heterocycles. The standard InChI is InChI=1S/C5H11N2O/c1-2-4(3-8)5(6)7/h4H,2-3H2,1H3,(H3,6,7). The molecular formula is C5H11N2O. The van der Waals surface area contributed by atoms with Gasteiger partial charge in [-0.2, -0.15) is 0 Å². The zero-order valence-corrected chi connectivity index (χ0v) is 4.98. The van der Waals surface area contributed by atoms with Gasteiger partial charge in [0, 0.05) is 5.92 Å². The number of nitrogens with one attached hydrogen (secondary N) is 1. The van der Waals surface area contributed by atoms with E-state index in [-0.39, 0.29) is 18.4 Å². The lowest BCUT2D eigenvalue weighted by Crippen LogP contribution is -2.24. The molecule has 0 bridgehead atoms. The van der Waals surface area contributed by atoms with Gasteiger partial charge in [0.25, 0.3) is 0 Å². The summed E-state index contributed by atoms with van der Waals surface area (Å²) in [4.78, 5) is 0. The quantitative estimate of drug-likeness (QED) is 0.405. The average molecular weight is 115 g/mol. The van der Waals surface area contributed by atoms with Gasteiger partial charge < -0.3 is 5.73 Å². The van der Waals surface area contributed by atoms with Gasteiger partial charge in [-0.05, 0) is 6.42 Å². The number of nitrogens with two attached hydrogens (primary N) is 1. The van der Waals surface area contributed by atoms with Crippen LogP contribution in [0, 0.1) is 11.3 Å². The molecular weight excluding hydrogens is 104 g/mol.